The van der Waals surface area contributed by atoms with E-state index in [1.807, 2.05) is 6.92 Å². The van der Waals surface area contributed by atoms with Gasteiger partial charge in [-0.15, -0.1) is 11.3 Å². The summed E-state index contributed by atoms with van der Waals surface area (Å²) in [6.45, 7) is 6.18. The van der Waals surface area contributed by atoms with E-state index >= 15 is 0 Å². The third-order valence-electron chi connectivity index (χ3n) is 3.02. The summed E-state index contributed by atoms with van der Waals surface area (Å²) >= 11 is 1.66. The molecule has 2 aromatic rings. The Bertz CT molecular complexity index is 546. The number of thiophene rings is 1. The highest BCUT2D eigenvalue weighted by atomic mass is 32.1. The van der Waals surface area contributed by atoms with Crippen LogP contribution in [0.1, 0.15) is 35.7 Å². The van der Waals surface area contributed by atoms with Gasteiger partial charge in [0.1, 0.15) is 16.8 Å². The number of fused-ring (bicyclic) bond motifs is 1. The Morgan fingerprint density at radius 1 is 1.35 bits per heavy atom. The minimum atomic E-state index is -0.0792. The number of hydrogen-bond acceptors (Lipinski definition) is 5. The molecule has 4 nitrogen and oxygen atoms in total. The van der Waals surface area contributed by atoms with Crippen LogP contribution in [0.2, 0.25) is 0 Å². The molecule has 17 heavy (non-hydrogen) atoms. The molecule has 0 aliphatic rings. The Hall–Kier alpha value is -1.20. The molecule has 0 radical (unpaired) electrons. The van der Waals surface area contributed by atoms with E-state index in [0.29, 0.717) is 11.6 Å². The molecule has 2 N–H and O–H groups in total. The molecule has 1 atom stereocenters. The van der Waals surface area contributed by atoms with E-state index in [4.69, 9.17) is 10.5 Å². The molecule has 2 aromatic heterocycles. The van der Waals surface area contributed by atoms with Gasteiger partial charge in [0.05, 0.1) is 5.39 Å². The summed E-state index contributed by atoms with van der Waals surface area (Å²) in [7, 11) is 1.67. The Morgan fingerprint density at radius 3 is 2.65 bits per heavy atom. The van der Waals surface area contributed by atoms with Crippen molar-refractivity contribution in [3.63, 3.8) is 0 Å². The molecule has 0 aliphatic carbocycles. The van der Waals surface area contributed by atoms with Crippen molar-refractivity contribution in [3.8, 4) is 0 Å². The number of nitrogen functional groups attached to an aromatic ring is 1. The first-order valence-corrected chi connectivity index (χ1v) is 6.46. The first kappa shape index (κ1) is 12.3. The van der Waals surface area contributed by atoms with E-state index in [1.54, 1.807) is 18.4 Å². The Morgan fingerprint density at radius 2 is 2.06 bits per heavy atom. The van der Waals surface area contributed by atoms with Crippen LogP contribution >= 0.6 is 11.3 Å². The maximum atomic E-state index is 6.02. The van der Waals surface area contributed by atoms with Gasteiger partial charge in [-0.25, -0.2) is 9.97 Å². The molecular weight excluding hydrogens is 234 g/mol. The first-order valence-electron chi connectivity index (χ1n) is 5.64. The number of aryl methyl sites for hydroxylation is 2. The molecule has 5 heteroatoms. The molecule has 1 unspecified atom stereocenters. The van der Waals surface area contributed by atoms with E-state index in [2.05, 4.69) is 23.8 Å². The molecule has 0 fully saturated rings. The zero-order valence-corrected chi connectivity index (χ0v) is 11.4. The van der Waals surface area contributed by atoms with Crippen LogP contribution in [0.5, 0.6) is 0 Å². The molecule has 0 aliphatic heterocycles. The number of nitrogens with two attached hydrogens (primary N) is 1. The van der Waals surface area contributed by atoms with E-state index in [9.17, 15) is 0 Å². The lowest BCUT2D eigenvalue weighted by molar-refractivity contribution is 0.0930. The third kappa shape index (κ3) is 2.00. The fraction of sp³-hybridized carbons (Fsp3) is 0.500. The fourth-order valence-corrected chi connectivity index (χ4v) is 2.94. The van der Waals surface area contributed by atoms with Crippen LogP contribution in [0.3, 0.4) is 0 Å². The number of anilines is 1. The summed E-state index contributed by atoms with van der Waals surface area (Å²) < 4.78 is 5.35. The quantitative estimate of drug-likeness (QED) is 0.911. The number of nitrogens with zero attached hydrogens (tertiary/aromatic N) is 2. The summed E-state index contributed by atoms with van der Waals surface area (Å²) in [6.07, 6.45) is 0.759. The van der Waals surface area contributed by atoms with E-state index < -0.39 is 0 Å². The van der Waals surface area contributed by atoms with Gasteiger partial charge in [0.25, 0.3) is 0 Å². The van der Waals surface area contributed by atoms with Crippen LogP contribution in [-0.4, -0.2) is 17.1 Å². The molecule has 0 amide bonds. The highest BCUT2D eigenvalue weighted by Gasteiger charge is 2.17. The van der Waals surface area contributed by atoms with E-state index in [1.165, 1.54) is 10.4 Å². The number of hydrogen-bond donors (Lipinski definition) is 1. The highest BCUT2D eigenvalue weighted by Crippen LogP contribution is 2.33. The zero-order chi connectivity index (χ0) is 12.6. The van der Waals surface area contributed by atoms with Gasteiger partial charge in [-0.3, -0.25) is 0 Å². The van der Waals surface area contributed by atoms with Crippen molar-refractivity contribution in [2.24, 2.45) is 0 Å². The van der Waals surface area contributed by atoms with Gasteiger partial charge in [-0.1, -0.05) is 6.92 Å². The SMILES string of the molecule is CCC(OC)c1nc(N)c2c(C)c(C)sc2n1. The summed E-state index contributed by atoms with van der Waals surface area (Å²) in [5.41, 5.74) is 7.20. The van der Waals surface area contributed by atoms with Crippen LogP contribution in [-0.2, 0) is 4.74 Å². The summed E-state index contributed by atoms with van der Waals surface area (Å²) in [4.78, 5) is 11.1. The van der Waals surface area contributed by atoms with Crippen molar-refractivity contribution in [2.45, 2.75) is 33.3 Å². The highest BCUT2D eigenvalue weighted by molar-refractivity contribution is 7.18. The third-order valence-corrected chi connectivity index (χ3v) is 4.12. The van der Waals surface area contributed by atoms with Crippen molar-refractivity contribution >= 4 is 27.4 Å². The monoisotopic (exact) mass is 251 g/mol. The molecule has 0 saturated carbocycles. The molecular formula is C12H17N3OS. The van der Waals surface area contributed by atoms with Crippen LogP contribution in [0, 0.1) is 13.8 Å². The van der Waals surface area contributed by atoms with Gasteiger partial charge < -0.3 is 10.5 Å². The van der Waals surface area contributed by atoms with Crippen LogP contribution < -0.4 is 5.73 Å². The van der Waals surface area contributed by atoms with E-state index in [-0.39, 0.29) is 6.10 Å². The molecule has 0 aromatic carbocycles. The molecule has 2 rings (SSSR count). The average Bonchev–Trinajstić information content (AvgIpc) is 2.57. The molecule has 2 heterocycles. The minimum absolute atomic E-state index is 0.0792. The van der Waals surface area contributed by atoms with Crippen LogP contribution in [0.15, 0.2) is 0 Å². The summed E-state index contributed by atoms with van der Waals surface area (Å²) in [5, 5.41) is 0.988. The number of ether oxygens (including phenoxy) is 1. The second-order valence-electron chi connectivity index (χ2n) is 4.06. The van der Waals surface area contributed by atoms with Crippen molar-refractivity contribution < 1.29 is 4.74 Å². The lowest BCUT2D eigenvalue weighted by atomic mass is 10.2. The lowest BCUT2D eigenvalue weighted by Crippen LogP contribution is -2.07. The first-order chi connectivity index (χ1) is 8.08. The Balaban J connectivity index is 2.63. The number of aromatic nitrogens is 2. The van der Waals surface area contributed by atoms with Gasteiger partial charge in [-0.2, -0.15) is 0 Å². The minimum Gasteiger partial charge on any atom is -0.383 e. The maximum Gasteiger partial charge on any atom is 0.161 e. The largest absolute Gasteiger partial charge is 0.383 e. The molecule has 92 valence electrons. The number of rotatable bonds is 3. The molecule has 0 bridgehead atoms. The summed E-state index contributed by atoms with van der Waals surface area (Å²) in [6, 6.07) is 0. The van der Waals surface area contributed by atoms with Crippen molar-refractivity contribution in [3.05, 3.63) is 16.3 Å². The second kappa shape index (κ2) is 4.58. The van der Waals surface area contributed by atoms with Crippen molar-refractivity contribution in [1.82, 2.24) is 9.97 Å². The average molecular weight is 251 g/mol. The van der Waals surface area contributed by atoms with Crippen molar-refractivity contribution in [2.75, 3.05) is 12.8 Å². The Labute approximate surface area is 105 Å². The normalized spacial score (nSPS) is 13.2. The van der Waals surface area contributed by atoms with Gasteiger partial charge in [0, 0.05) is 12.0 Å². The van der Waals surface area contributed by atoms with Gasteiger partial charge in [0.2, 0.25) is 0 Å². The Kier molecular flexibility index (Phi) is 3.31. The summed E-state index contributed by atoms with van der Waals surface area (Å²) in [5.74, 6) is 1.24. The predicted octanol–water partition coefficient (Wildman–Crippen LogP) is 2.99. The smallest absolute Gasteiger partial charge is 0.161 e. The molecule has 0 saturated heterocycles. The van der Waals surface area contributed by atoms with Gasteiger partial charge in [-0.05, 0) is 25.8 Å². The second-order valence-corrected chi connectivity index (χ2v) is 5.27. The molecule has 0 spiro atoms. The fourth-order valence-electron chi connectivity index (χ4n) is 1.90. The standard InChI is InChI=1S/C12H17N3OS/c1-5-8(16-4)11-14-10(13)9-6(2)7(3)17-12(9)15-11/h8H,5H2,1-4H3,(H2,13,14,15). The van der Waals surface area contributed by atoms with Gasteiger partial charge in [0.15, 0.2) is 5.82 Å². The lowest BCUT2D eigenvalue weighted by Gasteiger charge is -2.11. The predicted molar refractivity (Wildman–Crippen MR) is 71.3 cm³/mol. The van der Waals surface area contributed by atoms with Crippen LogP contribution in [0.4, 0.5) is 5.82 Å². The maximum absolute atomic E-state index is 6.02. The van der Waals surface area contributed by atoms with E-state index in [0.717, 1.165) is 16.6 Å². The topological polar surface area (TPSA) is 61.0 Å². The zero-order valence-electron chi connectivity index (χ0n) is 10.6. The number of methoxy groups -OCH3 is 1. The van der Waals surface area contributed by atoms with Crippen LogP contribution in [0.25, 0.3) is 10.2 Å². The van der Waals surface area contributed by atoms with Crippen molar-refractivity contribution in [1.29, 1.82) is 0 Å². The van der Waals surface area contributed by atoms with Gasteiger partial charge >= 0.3 is 0 Å².